The summed E-state index contributed by atoms with van der Waals surface area (Å²) in [5.41, 5.74) is 1.01. The number of aliphatic hydroxyl groups is 1. The third-order valence-corrected chi connectivity index (χ3v) is 4.58. The number of carbonyl (C=O) groups excluding carboxylic acids is 1. The fourth-order valence-electron chi connectivity index (χ4n) is 3.76. The number of β-lactam (4-membered cyclic amide) rings is 1. The SMILES string of the molecule is C[C@@H](O)[C@H]1C(=O)N2C(C(=O)O)=C3CN(C)CC[C@@H]3[C@H]12. The highest BCUT2D eigenvalue weighted by molar-refractivity contribution is 6.00. The molecule has 6 nitrogen and oxygen atoms in total. The van der Waals surface area contributed by atoms with Gasteiger partial charge in [-0.15, -0.1) is 0 Å². The van der Waals surface area contributed by atoms with E-state index < -0.39 is 18.0 Å². The van der Waals surface area contributed by atoms with Crippen molar-refractivity contribution in [1.29, 1.82) is 0 Å². The zero-order valence-electron chi connectivity index (χ0n) is 11.0. The van der Waals surface area contributed by atoms with Crippen molar-refractivity contribution in [3.05, 3.63) is 11.3 Å². The van der Waals surface area contributed by atoms with Crippen molar-refractivity contribution >= 4 is 11.9 Å². The van der Waals surface area contributed by atoms with Crippen LogP contribution in [0.25, 0.3) is 0 Å². The first-order valence-electron chi connectivity index (χ1n) is 6.59. The van der Waals surface area contributed by atoms with Gasteiger partial charge in [-0.3, -0.25) is 4.79 Å². The molecule has 4 atom stereocenters. The van der Waals surface area contributed by atoms with E-state index in [1.807, 2.05) is 7.05 Å². The van der Waals surface area contributed by atoms with Crippen LogP contribution >= 0.6 is 0 Å². The monoisotopic (exact) mass is 266 g/mol. The Morgan fingerprint density at radius 3 is 2.74 bits per heavy atom. The Bertz CT molecular complexity index is 485. The highest BCUT2D eigenvalue weighted by atomic mass is 16.4. The predicted octanol–water partition coefficient (Wildman–Crippen LogP) is -0.502. The molecule has 2 fully saturated rings. The maximum atomic E-state index is 12.1. The third kappa shape index (κ3) is 1.56. The summed E-state index contributed by atoms with van der Waals surface area (Å²) in [6.07, 6.45) is 0.128. The van der Waals surface area contributed by atoms with E-state index in [1.54, 1.807) is 6.92 Å². The molecule has 19 heavy (non-hydrogen) atoms. The molecule has 2 saturated heterocycles. The Balaban J connectivity index is 2.00. The molecule has 0 unspecified atom stereocenters. The van der Waals surface area contributed by atoms with Gasteiger partial charge in [0.15, 0.2) is 0 Å². The molecule has 1 amide bonds. The number of hydrogen-bond donors (Lipinski definition) is 2. The van der Waals surface area contributed by atoms with E-state index in [9.17, 15) is 19.8 Å². The molecule has 0 bridgehead atoms. The summed E-state index contributed by atoms with van der Waals surface area (Å²) in [6, 6.07) is -0.151. The molecule has 0 spiro atoms. The third-order valence-electron chi connectivity index (χ3n) is 4.58. The largest absolute Gasteiger partial charge is 0.477 e. The number of carboxylic acid groups (broad SMARTS) is 1. The van der Waals surface area contributed by atoms with Crippen LogP contribution in [0.4, 0.5) is 0 Å². The van der Waals surface area contributed by atoms with Gasteiger partial charge in [0.25, 0.3) is 0 Å². The molecule has 3 aliphatic heterocycles. The fourth-order valence-corrected chi connectivity index (χ4v) is 3.76. The molecule has 0 aromatic rings. The lowest BCUT2D eigenvalue weighted by molar-refractivity contribution is -0.163. The summed E-state index contributed by atoms with van der Waals surface area (Å²) in [7, 11) is 1.95. The van der Waals surface area contributed by atoms with Gasteiger partial charge in [0.2, 0.25) is 5.91 Å². The summed E-state index contributed by atoms with van der Waals surface area (Å²) in [5.74, 6) is -1.63. The lowest BCUT2D eigenvalue weighted by atomic mass is 9.74. The average molecular weight is 266 g/mol. The van der Waals surface area contributed by atoms with Crippen LogP contribution in [0.2, 0.25) is 0 Å². The standard InChI is InChI=1S/C13H18N2O4/c1-6(16)9-10-7-3-4-14(2)5-8(7)11(13(18)19)15(10)12(9)17/h6-7,9-10,16H,3-5H2,1-2H3,(H,18,19)/t6-,7+,9-,10-/m1/s1. The normalized spacial score (nSPS) is 35.8. The molecular formula is C13H18N2O4. The van der Waals surface area contributed by atoms with Crippen LogP contribution in [0.15, 0.2) is 11.3 Å². The zero-order chi connectivity index (χ0) is 13.9. The summed E-state index contributed by atoms with van der Waals surface area (Å²) in [4.78, 5) is 27.0. The molecule has 3 heterocycles. The van der Waals surface area contributed by atoms with Gasteiger partial charge in [-0.05, 0) is 32.5 Å². The van der Waals surface area contributed by atoms with Crippen LogP contribution < -0.4 is 0 Å². The zero-order valence-corrected chi connectivity index (χ0v) is 11.0. The van der Waals surface area contributed by atoms with Gasteiger partial charge in [-0.25, -0.2) is 4.79 Å². The minimum absolute atomic E-state index is 0.0969. The number of likely N-dealkylation sites (tertiary alicyclic amines) is 1. The van der Waals surface area contributed by atoms with Crippen molar-refractivity contribution in [2.24, 2.45) is 11.8 Å². The van der Waals surface area contributed by atoms with E-state index in [1.165, 1.54) is 4.90 Å². The quantitative estimate of drug-likeness (QED) is 0.658. The topological polar surface area (TPSA) is 81.1 Å². The molecule has 0 aromatic carbocycles. The first-order valence-corrected chi connectivity index (χ1v) is 6.59. The lowest BCUT2D eigenvalue weighted by Gasteiger charge is -2.47. The van der Waals surface area contributed by atoms with Crippen molar-refractivity contribution in [3.8, 4) is 0 Å². The smallest absolute Gasteiger partial charge is 0.352 e. The van der Waals surface area contributed by atoms with Gasteiger partial charge in [0.05, 0.1) is 18.1 Å². The van der Waals surface area contributed by atoms with Gasteiger partial charge in [-0.2, -0.15) is 0 Å². The minimum Gasteiger partial charge on any atom is -0.477 e. The highest BCUT2D eigenvalue weighted by Crippen LogP contribution is 2.49. The van der Waals surface area contributed by atoms with Crippen molar-refractivity contribution in [2.75, 3.05) is 20.1 Å². The van der Waals surface area contributed by atoms with Crippen LogP contribution in [0, 0.1) is 11.8 Å². The van der Waals surface area contributed by atoms with Crippen molar-refractivity contribution < 1.29 is 19.8 Å². The Hall–Kier alpha value is -1.40. The number of piperidine rings is 1. The Morgan fingerprint density at radius 2 is 2.16 bits per heavy atom. The first kappa shape index (κ1) is 12.6. The van der Waals surface area contributed by atoms with Crippen molar-refractivity contribution in [1.82, 2.24) is 9.80 Å². The van der Waals surface area contributed by atoms with Gasteiger partial charge < -0.3 is 20.0 Å². The van der Waals surface area contributed by atoms with Crippen molar-refractivity contribution in [2.45, 2.75) is 25.5 Å². The molecular weight excluding hydrogens is 248 g/mol. The van der Waals surface area contributed by atoms with E-state index in [4.69, 9.17) is 0 Å². The Morgan fingerprint density at radius 1 is 1.47 bits per heavy atom. The summed E-state index contributed by atoms with van der Waals surface area (Å²) in [6.45, 7) is 3.10. The molecule has 0 radical (unpaired) electrons. The van der Waals surface area contributed by atoms with E-state index >= 15 is 0 Å². The number of likely N-dealkylation sites (N-methyl/N-ethyl adjacent to an activating group) is 1. The summed E-state index contributed by atoms with van der Waals surface area (Å²) >= 11 is 0. The number of carbonyl (C=O) groups is 2. The number of carboxylic acids is 1. The second-order valence-corrected chi connectivity index (χ2v) is 5.78. The molecule has 0 saturated carbocycles. The maximum Gasteiger partial charge on any atom is 0.352 e. The van der Waals surface area contributed by atoms with Crippen LogP contribution in [-0.2, 0) is 9.59 Å². The average Bonchev–Trinajstić information content (AvgIpc) is 2.59. The fraction of sp³-hybridized carbons (Fsp3) is 0.692. The number of aliphatic carboxylic acids is 1. The second kappa shape index (κ2) is 4.05. The molecule has 3 aliphatic rings. The molecule has 0 aromatic heterocycles. The van der Waals surface area contributed by atoms with E-state index in [0.29, 0.717) is 6.54 Å². The summed E-state index contributed by atoms with van der Waals surface area (Å²) < 4.78 is 0. The predicted molar refractivity (Wildman–Crippen MR) is 66.1 cm³/mol. The lowest BCUT2D eigenvalue weighted by Crippen LogP contribution is -2.64. The Kier molecular flexibility index (Phi) is 2.69. The number of nitrogens with zero attached hydrogens (tertiary/aromatic N) is 2. The molecule has 2 N–H and O–H groups in total. The van der Waals surface area contributed by atoms with E-state index in [2.05, 4.69) is 4.90 Å². The van der Waals surface area contributed by atoms with E-state index in [-0.39, 0.29) is 23.6 Å². The summed E-state index contributed by atoms with van der Waals surface area (Å²) in [5, 5.41) is 19.1. The first-order chi connectivity index (χ1) is 8.93. The molecule has 6 heteroatoms. The van der Waals surface area contributed by atoms with E-state index in [0.717, 1.165) is 18.5 Å². The van der Waals surface area contributed by atoms with Gasteiger partial charge >= 0.3 is 5.97 Å². The number of hydrogen-bond acceptors (Lipinski definition) is 4. The van der Waals surface area contributed by atoms with Gasteiger partial charge in [0, 0.05) is 12.5 Å². The minimum atomic E-state index is -1.03. The number of rotatable bonds is 2. The Labute approximate surface area is 111 Å². The number of aliphatic hydroxyl groups excluding tert-OH is 1. The number of fused-ring (bicyclic) bond motifs is 3. The molecule has 104 valence electrons. The van der Waals surface area contributed by atoms with Crippen LogP contribution in [-0.4, -0.2) is 64.2 Å². The van der Waals surface area contributed by atoms with Crippen LogP contribution in [0.1, 0.15) is 13.3 Å². The van der Waals surface area contributed by atoms with Crippen LogP contribution in [0.5, 0.6) is 0 Å². The van der Waals surface area contributed by atoms with Crippen molar-refractivity contribution in [3.63, 3.8) is 0 Å². The molecule has 3 rings (SSSR count). The molecule has 0 aliphatic carbocycles. The maximum absolute atomic E-state index is 12.1. The second-order valence-electron chi connectivity index (χ2n) is 5.78. The highest BCUT2D eigenvalue weighted by Gasteiger charge is 2.61. The van der Waals surface area contributed by atoms with Crippen LogP contribution in [0.3, 0.4) is 0 Å². The number of amides is 1. The van der Waals surface area contributed by atoms with Gasteiger partial charge in [-0.1, -0.05) is 0 Å². The van der Waals surface area contributed by atoms with Gasteiger partial charge in [0.1, 0.15) is 5.70 Å².